The van der Waals surface area contributed by atoms with Crippen LogP contribution in [0.15, 0.2) is 58.3 Å². The van der Waals surface area contributed by atoms with Crippen LogP contribution in [0.1, 0.15) is 36.3 Å². The monoisotopic (exact) mass is 486 g/mol. The minimum absolute atomic E-state index is 0.207. The highest BCUT2D eigenvalue weighted by atomic mass is 32.2. The van der Waals surface area contributed by atoms with Gasteiger partial charge in [0.15, 0.2) is 5.82 Å². The molecular formula is C24H27FN4O2S2. The van der Waals surface area contributed by atoms with Gasteiger partial charge in [-0.1, -0.05) is 30.3 Å². The van der Waals surface area contributed by atoms with Gasteiger partial charge in [0.2, 0.25) is 0 Å². The van der Waals surface area contributed by atoms with E-state index in [0.717, 1.165) is 50.1 Å². The fourth-order valence-corrected chi connectivity index (χ4v) is 6.21. The number of nitrogens with one attached hydrogen (secondary N) is 1. The molecule has 6 nitrogen and oxygen atoms in total. The zero-order valence-corrected chi connectivity index (χ0v) is 20.1. The SMILES string of the molecule is CN(c1cc(F)c(S(=O)(=O)Nc2cscn2)cc1C1CC1)[C@H]1CCN(Cc2ccccc2)C1. The number of halogens is 1. The maximum absolute atomic E-state index is 15.2. The minimum Gasteiger partial charge on any atom is -0.370 e. The van der Waals surface area contributed by atoms with Crippen LogP contribution < -0.4 is 9.62 Å². The zero-order valence-electron chi connectivity index (χ0n) is 18.4. The summed E-state index contributed by atoms with van der Waals surface area (Å²) in [6.45, 7) is 2.77. The van der Waals surface area contributed by atoms with Gasteiger partial charge >= 0.3 is 0 Å². The molecule has 0 radical (unpaired) electrons. The number of thiazole rings is 1. The molecule has 2 heterocycles. The van der Waals surface area contributed by atoms with Crippen molar-refractivity contribution in [3.8, 4) is 0 Å². The van der Waals surface area contributed by atoms with E-state index in [4.69, 9.17) is 0 Å². The number of sulfonamides is 1. The molecule has 1 atom stereocenters. The summed E-state index contributed by atoms with van der Waals surface area (Å²) in [7, 11) is -2.06. The summed E-state index contributed by atoms with van der Waals surface area (Å²) >= 11 is 1.28. The molecule has 2 aliphatic rings. The molecule has 2 aromatic carbocycles. The Morgan fingerprint density at radius 3 is 2.70 bits per heavy atom. The summed E-state index contributed by atoms with van der Waals surface area (Å²) in [5, 5.41) is 1.58. The molecule has 1 aliphatic heterocycles. The molecular weight excluding hydrogens is 459 g/mol. The first-order valence-electron chi connectivity index (χ1n) is 11.1. The van der Waals surface area contributed by atoms with E-state index in [9.17, 15) is 8.42 Å². The lowest BCUT2D eigenvalue weighted by Gasteiger charge is -2.30. The Kier molecular flexibility index (Phi) is 6.11. The van der Waals surface area contributed by atoms with Gasteiger partial charge in [-0.05, 0) is 48.4 Å². The smallest absolute Gasteiger partial charge is 0.266 e. The van der Waals surface area contributed by atoms with Crippen LogP contribution in [0.3, 0.4) is 0 Å². The molecule has 0 unspecified atom stereocenters. The van der Waals surface area contributed by atoms with Crippen molar-refractivity contribution in [3.63, 3.8) is 0 Å². The van der Waals surface area contributed by atoms with E-state index < -0.39 is 15.8 Å². The second-order valence-electron chi connectivity index (χ2n) is 8.87. The summed E-state index contributed by atoms with van der Waals surface area (Å²) in [4.78, 5) is 8.20. The highest BCUT2D eigenvalue weighted by molar-refractivity contribution is 7.92. The van der Waals surface area contributed by atoms with Crippen molar-refractivity contribution in [1.82, 2.24) is 9.88 Å². The maximum atomic E-state index is 15.2. The number of aromatic nitrogens is 1. The van der Waals surface area contributed by atoms with Gasteiger partial charge < -0.3 is 4.90 Å². The largest absolute Gasteiger partial charge is 0.370 e. The van der Waals surface area contributed by atoms with Crippen LogP contribution in [0, 0.1) is 5.82 Å². The molecule has 9 heteroatoms. The number of hydrogen-bond acceptors (Lipinski definition) is 6. The summed E-state index contributed by atoms with van der Waals surface area (Å²) in [5.41, 5.74) is 4.53. The molecule has 1 aromatic heterocycles. The van der Waals surface area contributed by atoms with E-state index >= 15 is 4.39 Å². The molecule has 174 valence electrons. The van der Waals surface area contributed by atoms with E-state index in [0.29, 0.717) is 0 Å². The summed E-state index contributed by atoms with van der Waals surface area (Å²) < 4.78 is 43.3. The van der Waals surface area contributed by atoms with E-state index in [-0.39, 0.29) is 22.7 Å². The van der Waals surface area contributed by atoms with Gasteiger partial charge in [-0.3, -0.25) is 9.62 Å². The minimum atomic E-state index is -4.05. The average Bonchev–Trinajstić information content (AvgIpc) is 3.32. The third-order valence-electron chi connectivity index (χ3n) is 6.48. The van der Waals surface area contributed by atoms with Crippen LogP contribution in [0.5, 0.6) is 0 Å². The van der Waals surface area contributed by atoms with Crippen molar-refractivity contribution in [2.75, 3.05) is 29.8 Å². The molecule has 1 saturated heterocycles. The van der Waals surface area contributed by atoms with Gasteiger partial charge in [0.1, 0.15) is 10.7 Å². The molecule has 1 aliphatic carbocycles. The number of nitrogens with zero attached hydrogens (tertiary/aromatic N) is 3. The predicted molar refractivity (Wildman–Crippen MR) is 130 cm³/mol. The normalized spacial score (nSPS) is 19.0. The lowest BCUT2D eigenvalue weighted by molar-refractivity contribution is 0.326. The highest BCUT2D eigenvalue weighted by Gasteiger charge is 2.34. The van der Waals surface area contributed by atoms with Gasteiger partial charge in [0, 0.05) is 43.8 Å². The van der Waals surface area contributed by atoms with Gasteiger partial charge in [0.25, 0.3) is 10.0 Å². The highest BCUT2D eigenvalue weighted by Crippen LogP contribution is 2.46. The van der Waals surface area contributed by atoms with Crippen LogP contribution >= 0.6 is 11.3 Å². The first kappa shape index (κ1) is 22.3. The third-order valence-corrected chi connectivity index (χ3v) is 8.44. The summed E-state index contributed by atoms with van der Waals surface area (Å²) in [6.07, 6.45) is 2.98. The van der Waals surface area contributed by atoms with Crippen molar-refractivity contribution in [2.45, 2.75) is 42.7 Å². The first-order chi connectivity index (χ1) is 15.9. The molecule has 33 heavy (non-hydrogen) atoms. The van der Waals surface area contributed by atoms with Crippen LogP contribution in [-0.2, 0) is 16.6 Å². The molecule has 3 aromatic rings. The first-order valence-corrected chi connectivity index (χ1v) is 13.6. The molecule has 2 fully saturated rings. The molecule has 1 saturated carbocycles. The number of likely N-dealkylation sites (tertiary alicyclic amines) is 1. The van der Waals surface area contributed by atoms with Gasteiger partial charge in [0.05, 0.1) is 5.51 Å². The zero-order chi connectivity index (χ0) is 23.0. The Morgan fingerprint density at radius 1 is 1.21 bits per heavy atom. The third kappa shape index (κ3) is 4.90. The Morgan fingerprint density at radius 2 is 2.00 bits per heavy atom. The number of benzene rings is 2. The molecule has 0 spiro atoms. The summed E-state index contributed by atoms with van der Waals surface area (Å²) in [5.74, 6) is -0.251. The predicted octanol–water partition coefficient (Wildman–Crippen LogP) is 4.67. The van der Waals surface area contributed by atoms with Gasteiger partial charge in [-0.25, -0.2) is 17.8 Å². The van der Waals surface area contributed by atoms with Crippen LogP contribution in [-0.4, -0.2) is 44.5 Å². The Balaban J connectivity index is 1.37. The molecule has 5 rings (SSSR count). The number of rotatable bonds is 8. The molecule has 0 bridgehead atoms. The fraction of sp³-hybridized carbons (Fsp3) is 0.375. The topological polar surface area (TPSA) is 65.5 Å². The number of likely N-dealkylation sites (N-methyl/N-ethyl adjacent to an activating group) is 1. The van der Waals surface area contributed by atoms with E-state index in [1.807, 2.05) is 13.1 Å². The van der Waals surface area contributed by atoms with Gasteiger partial charge in [-0.2, -0.15) is 0 Å². The van der Waals surface area contributed by atoms with E-state index in [1.54, 1.807) is 5.38 Å². The van der Waals surface area contributed by atoms with Crippen LogP contribution in [0.25, 0.3) is 0 Å². The fourth-order valence-electron chi connectivity index (χ4n) is 4.56. The van der Waals surface area contributed by atoms with Crippen molar-refractivity contribution >= 4 is 32.9 Å². The Labute approximate surface area is 198 Å². The van der Waals surface area contributed by atoms with Crippen molar-refractivity contribution < 1.29 is 12.8 Å². The molecule has 1 N–H and O–H groups in total. The second kappa shape index (κ2) is 9.04. The second-order valence-corrected chi connectivity index (χ2v) is 11.2. The van der Waals surface area contributed by atoms with Gasteiger partial charge in [-0.15, -0.1) is 11.3 Å². The number of anilines is 2. The van der Waals surface area contributed by atoms with Crippen molar-refractivity contribution in [3.05, 3.63) is 70.3 Å². The van der Waals surface area contributed by atoms with E-state index in [1.165, 1.54) is 34.5 Å². The lowest BCUT2D eigenvalue weighted by Crippen LogP contribution is -2.35. The Hall–Kier alpha value is -2.49. The van der Waals surface area contributed by atoms with Crippen LogP contribution in [0.4, 0.5) is 15.9 Å². The maximum Gasteiger partial charge on any atom is 0.266 e. The summed E-state index contributed by atoms with van der Waals surface area (Å²) in [6, 6.07) is 13.6. The van der Waals surface area contributed by atoms with Crippen molar-refractivity contribution in [1.29, 1.82) is 0 Å². The van der Waals surface area contributed by atoms with Crippen molar-refractivity contribution in [2.24, 2.45) is 0 Å². The Bertz CT molecular complexity index is 1210. The lowest BCUT2D eigenvalue weighted by atomic mass is 10.1. The van der Waals surface area contributed by atoms with Crippen LogP contribution in [0.2, 0.25) is 0 Å². The standard InChI is InChI=1S/C24H27FN4O2S2/c1-28(19-9-10-29(14-19)13-17-5-3-2-4-6-17)22-12-21(25)23(11-20(22)18-7-8-18)33(30,31)27-24-15-32-16-26-24/h2-6,11-12,15-16,18-19,27H,7-10,13-14H2,1H3/t19-/m0/s1. The number of hydrogen-bond donors (Lipinski definition) is 1. The van der Waals surface area contributed by atoms with E-state index in [2.05, 4.69) is 43.8 Å². The quantitative estimate of drug-likeness (QED) is 0.501. The molecule has 0 amide bonds. The average molecular weight is 487 g/mol.